The van der Waals surface area contributed by atoms with Gasteiger partial charge in [-0.3, -0.25) is 0 Å². The molecular formula is C7H11N3. The fourth-order valence-corrected chi connectivity index (χ4v) is 1.94. The zero-order chi connectivity index (χ0) is 6.97. The molecule has 3 nitrogen and oxygen atoms in total. The van der Waals surface area contributed by atoms with Gasteiger partial charge >= 0.3 is 0 Å². The second-order valence-electron chi connectivity index (χ2n) is 3.10. The first-order chi connectivity index (χ1) is 4.92. The molecular weight excluding hydrogens is 126 g/mol. The fourth-order valence-electron chi connectivity index (χ4n) is 1.94. The summed E-state index contributed by atoms with van der Waals surface area (Å²) in [5.41, 5.74) is 0. The van der Waals surface area contributed by atoms with Crippen molar-refractivity contribution in [2.45, 2.75) is 6.04 Å². The van der Waals surface area contributed by atoms with E-state index in [4.69, 9.17) is 5.26 Å². The number of nitrogens with one attached hydrogen (secondary N) is 2. The van der Waals surface area contributed by atoms with Crippen molar-refractivity contribution in [3.8, 4) is 6.07 Å². The van der Waals surface area contributed by atoms with Gasteiger partial charge in [0.05, 0.1) is 12.1 Å². The van der Waals surface area contributed by atoms with E-state index in [0.717, 1.165) is 19.6 Å². The molecule has 10 heavy (non-hydrogen) atoms. The second kappa shape index (κ2) is 2.22. The molecule has 2 rings (SSSR count). The second-order valence-corrected chi connectivity index (χ2v) is 3.10. The molecule has 54 valence electrons. The third-order valence-corrected chi connectivity index (χ3v) is 2.56. The maximum Gasteiger partial charge on any atom is 0.0997 e. The van der Waals surface area contributed by atoms with Crippen LogP contribution in [-0.4, -0.2) is 25.7 Å². The zero-order valence-electron chi connectivity index (χ0n) is 5.80. The van der Waals surface area contributed by atoms with Gasteiger partial charge in [0.15, 0.2) is 0 Å². The third-order valence-electron chi connectivity index (χ3n) is 2.56. The van der Waals surface area contributed by atoms with Crippen molar-refractivity contribution in [1.29, 1.82) is 5.26 Å². The average Bonchev–Trinajstić information content (AvgIpc) is 2.44. The Morgan fingerprint density at radius 1 is 1.30 bits per heavy atom. The van der Waals surface area contributed by atoms with Crippen molar-refractivity contribution in [3.63, 3.8) is 0 Å². The lowest BCUT2D eigenvalue weighted by atomic mass is 9.95. The first-order valence-electron chi connectivity index (χ1n) is 3.75. The van der Waals surface area contributed by atoms with E-state index in [2.05, 4.69) is 16.7 Å². The van der Waals surface area contributed by atoms with Crippen LogP contribution in [-0.2, 0) is 0 Å². The molecule has 0 aliphatic carbocycles. The number of nitriles is 1. The Balaban J connectivity index is 2.10. The molecule has 2 fully saturated rings. The maximum absolute atomic E-state index is 8.67. The highest BCUT2D eigenvalue weighted by Gasteiger charge is 2.38. The van der Waals surface area contributed by atoms with Gasteiger partial charge in [0, 0.05) is 19.0 Å². The molecule has 3 atom stereocenters. The summed E-state index contributed by atoms with van der Waals surface area (Å²) in [6, 6.07) is 2.40. The number of hydrogen-bond acceptors (Lipinski definition) is 3. The molecule has 3 heteroatoms. The van der Waals surface area contributed by atoms with Crippen LogP contribution >= 0.6 is 0 Å². The molecule has 0 aromatic heterocycles. The van der Waals surface area contributed by atoms with Gasteiger partial charge in [-0.2, -0.15) is 5.26 Å². The van der Waals surface area contributed by atoms with Crippen molar-refractivity contribution < 1.29 is 0 Å². The molecule has 0 saturated carbocycles. The van der Waals surface area contributed by atoms with Crippen molar-refractivity contribution in [2.24, 2.45) is 11.8 Å². The van der Waals surface area contributed by atoms with Gasteiger partial charge in [-0.15, -0.1) is 0 Å². The average molecular weight is 137 g/mol. The normalized spacial score (nSPS) is 44.9. The molecule has 0 aromatic carbocycles. The van der Waals surface area contributed by atoms with Gasteiger partial charge in [0.1, 0.15) is 0 Å². The van der Waals surface area contributed by atoms with Crippen molar-refractivity contribution in [1.82, 2.24) is 10.6 Å². The molecule has 0 amide bonds. The molecule has 0 spiro atoms. The van der Waals surface area contributed by atoms with Gasteiger partial charge < -0.3 is 10.6 Å². The third kappa shape index (κ3) is 0.731. The summed E-state index contributed by atoms with van der Waals surface area (Å²) < 4.78 is 0. The lowest BCUT2D eigenvalue weighted by Crippen LogP contribution is -2.28. The molecule has 2 aliphatic heterocycles. The molecule has 2 aliphatic rings. The van der Waals surface area contributed by atoms with Crippen molar-refractivity contribution in [2.75, 3.05) is 19.6 Å². The Bertz CT molecular complexity index is 172. The molecule has 2 N–H and O–H groups in total. The summed E-state index contributed by atoms with van der Waals surface area (Å²) in [6.07, 6.45) is 0. The Morgan fingerprint density at radius 2 is 2.20 bits per heavy atom. The minimum atomic E-state index is 0.111. The van der Waals surface area contributed by atoms with E-state index < -0.39 is 0 Å². The molecule has 2 heterocycles. The largest absolute Gasteiger partial charge is 0.316 e. The summed E-state index contributed by atoms with van der Waals surface area (Å²) in [7, 11) is 0. The number of fused-ring (bicyclic) bond motifs is 1. The highest BCUT2D eigenvalue weighted by molar-refractivity contribution is 5.06. The van der Waals surface area contributed by atoms with Crippen LogP contribution in [0.5, 0.6) is 0 Å². The van der Waals surface area contributed by atoms with E-state index in [1.807, 2.05) is 0 Å². The minimum Gasteiger partial charge on any atom is -0.316 e. The highest BCUT2D eigenvalue weighted by Crippen LogP contribution is 2.24. The lowest BCUT2D eigenvalue weighted by molar-refractivity contribution is 0.495. The Morgan fingerprint density at radius 3 is 3.00 bits per heavy atom. The van der Waals surface area contributed by atoms with Gasteiger partial charge in [-0.1, -0.05) is 0 Å². The monoisotopic (exact) mass is 137 g/mol. The minimum absolute atomic E-state index is 0.111. The van der Waals surface area contributed by atoms with Gasteiger partial charge in [-0.25, -0.2) is 0 Å². The summed E-state index contributed by atoms with van der Waals surface area (Å²) >= 11 is 0. The predicted molar refractivity (Wildman–Crippen MR) is 37.3 cm³/mol. The Labute approximate surface area is 60.4 Å². The van der Waals surface area contributed by atoms with E-state index in [0.29, 0.717) is 11.8 Å². The van der Waals surface area contributed by atoms with Crippen molar-refractivity contribution >= 4 is 0 Å². The zero-order valence-corrected chi connectivity index (χ0v) is 5.80. The van der Waals surface area contributed by atoms with E-state index in [9.17, 15) is 0 Å². The summed E-state index contributed by atoms with van der Waals surface area (Å²) in [5, 5.41) is 15.2. The van der Waals surface area contributed by atoms with Crippen LogP contribution in [0.1, 0.15) is 0 Å². The van der Waals surface area contributed by atoms with Gasteiger partial charge in [0.25, 0.3) is 0 Å². The molecule has 2 unspecified atom stereocenters. The summed E-state index contributed by atoms with van der Waals surface area (Å²) in [5.74, 6) is 1.29. The molecule has 0 bridgehead atoms. The van der Waals surface area contributed by atoms with E-state index >= 15 is 0 Å². The number of rotatable bonds is 0. The highest BCUT2D eigenvalue weighted by atomic mass is 15.0. The van der Waals surface area contributed by atoms with Crippen LogP contribution in [0.25, 0.3) is 0 Å². The SMILES string of the molecule is N#CC1NCC2CNC[C@@H]21. The predicted octanol–water partition coefficient (Wildman–Crippen LogP) is -0.683. The molecule has 0 aromatic rings. The fraction of sp³-hybridized carbons (Fsp3) is 0.857. The topological polar surface area (TPSA) is 47.9 Å². The van der Waals surface area contributed by atoms with E-state index in [-0.39, 0.29) is 6.04 Å². The summed E-state index contributed by atoms with van der Waals surface area (Å²) in [6.45, 7) is 3.14. The van der Waals surface area contributed by atoms with Crippen molar-refractivity contribution in [3.05, 3.63) is 0 Å². The van der Waals surface area contributed by atoms with Crippen LogP contribution in [0.2, 0.25) is 0 Å². The number of nitrogens with zero attached hydrogens (tertiary/aromatic N) is 1. The maximum atomic E-state index is 8.67. The molecule has 2 saturated heterocycles. The first-order valence-corrected chi connectivity index (χ1v) is 3.75. The standard InChI is InChI=1S/C7H11N3/c8-1-7-6-4-9-2-5(6)3-10-7/h5-7,9-10H,2-4H2/t5?,6-,7?/m0/s1. The first kappa shape index (κ1) is 6.14. The van der Waals surface area contributed by atoms with Crippen LogP contribution in [0.4, 0.5) is 0 Å². The van der Waals surface area contributed by atoms with E-state index in [1.165, 1.54) is 0 Å². The molecule has 0 radical (unpaired) electrons. The smallest absolute Gasteiger partial charge is 0.0997 e. The number of hydrogen-bond donors (Lipinski definition) is 2. The van der Waals surface area contributed by atoms with Gasteiger partial charge in [-0.05, 0) is 12.5 Å². The van der Waals surface area contributed by atoms with Gasteiger partial charge in [0.2, 0.25) is 0 Å². The Kier molecular flexibility index (Phi) is 1.37. The van der Waals surface area contributed by atoms with Crippen LogP contribution in [0, 0.1) is 23.2 Å². The van der Waals surface area contributed by atoms with Crippen LogP contribution in [0.15, 0.2) is 0 Å². The van der Waals surface area contributed by atoms with Crippen LogP contribution in [0.3, 0.4) is 0 Å². The quantitative estimate of drug-likeness (QED) is 0.465. The Hall–Kier alpha value is -0.590. The van der Waals surface area contributed by atoms with E-state index in [1.54, 1.807) is 0 Å². The van der Waals surface area contributed by atoms with Crippen LogP contribution < -0.4 is 10.6 Å². The summed E-state index contributed by atoms with van der Waals surface area (Å²) in [4.78, 5) is 0. The lowest BCUT2D eigenvalue weighted by Gasteiger charge is -2.07.